The van der Waals surface area contributed by atoms with Crippen LogP contribution in [-0.2, 0) is 13.0 Å². The summed E-state index contributed by atoms with van der Waals surface area (Å²) in [4.78, 5) is 14.3. The number of aryl methyl sites for hydroxylation is 1. The minimum Gasteiger partial charge on any atom is -0.362 e. The molecular weight excluding hydrogens is 350 g/mol. The first kappa shape index (κ1) is 16.6. The van der Waals surface area contributed by atoms with Crippen molar-refractivity contribution in [2.75, 3.05) is 5.32 Å². The van der Waals surface area contributed by atoms with Gasteiger partial charge in [0, 0.05) is 22.5 Å². The quantitative estimate of drug-likeness (QED) is 0.644. The molecule has 3 N–H and O–H groups in total. The number of fused-ring (bicyclic) bond motifs is 1. The van der Waals surface area contributed by atoms with Crippen LogP contribution in [0.15, 0.2) is 11.6 Å². The van der Waals surface area contributed by atoms with Gasteiger partial charge in [0.15, 0.2) is 0 Å². The Bertz CT molecular complexity index is 800. The van der Waals surface area contributed by atoms with Gasteiger partial charge in [-0.1, -0.05) is 6.92 Å². The molecule has 0 aliphatic heterocycles. The van der Waals surface area contributed by atoms with Crippen molar-refractivity contribution < 1.29 is 0 Å². The van der Waals surface area contributed by atoms with Gasteiger partial charge >= 0.3 is 0 Å². The van der Waals surface area contributed by atoms with E-state index in [0.717, 1.165) is 39.4 Å². The summed E-state index contributed by atoms with van der Waals surface area (Å²) < 4.78 is 1.03. The van der Waals surface area contributed by atoms with Crippen molar-refractivity contribution in [3.8, 4) is 0 Å². The van der Waals surface area contributed by atoms with Gasteiger partial charge in [-0.05, 0) is 36.9 Å². The Balaban J connectivity index is 1.95. The van der Waals surface area contributed by atoms with Crippen LogP contribution in [0.4, 0.5) is 5.82 Å². The lowest BCUT2D eigenvalue weighted by Crippen LogP contribution is -2.21. The first-order chi connectivity index (χ1) is 11.1. The summed E-state index contributed by atoms with van der Waals surface area (Å²) in [5.74, 6) is 0.764. The third-order valence-corrected chi connectivity index (χ3v) is 5.96. The average Bonchev–Trinajstić information content (AvgIpc) is 3.15. The molecule has 3 aromatic heterocycles. The highest BCUT2D eigenvalue weighted by Crippen LogP contribution is 2.35. The molecule has 8 heteroatoms. The van der Waals surface area contributed by atoms with E-state index >= 15 is 0 Å². The summed E-state index contributed by atoms with van der Waals surface area (Å²) in [6.07, 6.45) is 3.60. The van der Waals surface area contributed by atoms with Crippen molar-refractivity contribution in [3.63, 3.8) is 0 Å². The fraction of sp³-hybridized carbons (Fsp3) is 0.400. The summed E-state index contributed by atoms with van der Waals surface area (Å²) in [5, 5.41) is 6.55. The van der Waals surface area contributed by atoms with Crippen LogP contribution in [0, 0.1) is 6.92 Å². The molecule has 0 aliphatic carbocycles. The highest BCUT2D eigenvalue weighted by molar-refractivity contribution is 7.19. The van der Waals surface area contributed by atoms with Gasteiger partial charge in [-0.3, -0.25) is 0 Å². The Labute approximate surface area is 147 Å². The summed E-state index contributed by atoms with van der Waals surface area (Å²) in [6, 6.07) is 0.164. The topological polar surface area (TPSA) is 76.7 Å². The number of nitrogens with two attached hydrogens (primary N) is 1. The maximum Gasteiger partial charge on any atom is 0.224 e. The summed E-state index contributed by atoms with van der Waals surface area (Å²) in [5.41, 5.74) is 8.17. The molecule has 0 saturated carbocycles. The highest BCUT2D eigenvalue weighted by Gasteiger charge is 2.17. The lowest BCUT2D eigenvalue weighted by atomic mass is 10.1. The number of nitrogens with one attached hydrogen (secondary N) is 1. The van der Waals surface area contributed by atoms with Gasteiger partial charge in [-0.25, -0.2) is 9.97 Å². The molecule has 23 heavy (non-hydrogen) atoms. The number of halogens is 1. The zero-order valence-electron chi connectivity index (χ0n) is 13.0. The average molecular weight is 368 g/mol. The first-order valence-corrected chi connectivity index (χ1v) is 9.49. The Morgan fingerprint density at radius 2 is 2.22 bits per heavy atom. The lowest BCUT2D eigenvalue weighted by Gasteiger charge is -2.06. The zero-order chi connectivity index (χ0) is 16.4. The molecule has 122 valence electrons. The third-order valence-electron chi connectivity index (χ3n) is 3.70. The Morgan fingerprint density at radius 3 is 2.91 bits per heavy atom. The molecule has 0 aliphatic rings. The van der Waals surface area contributed by atoms with Crippen LogP contribution in [0.5, 0.6) is 0 Å². The molecule has 0 amide bonds. The molecule has 1 atom stereocenters. The van der Waals surface area contributed by atoms with Gasteiger partial charge < -0.3 is 11.1 Å². The van der Waals surface area contributed by atoms with E-state index in [9.17, 15) is 0 Å². The highest BCUT2D eigenvalue weighted by atomic mass is 35.5. The fourth-order valence-corrected chi connectivity index (χ4v) is 4.33. The van der Waals surface area contributed by atoms with Crippen LogP contribution >= 0.6 is 34.3 Å². The molecular formula is C15H18ClN5S2. The second kappa shape index (κ2) is 7.09. The number of thiazole rings is 1. The van der Waals surface area contributed by atoms with E-state index < -0.39 is 0 Å². The van der Waals surface area contributed by atoms with Crippen molar-refractivity contribution >= 4 is 50.3 Å². The van der Waals surface area contributed by atoms with Crippen LogP contribution in [0.2, 0.25) is 5.28 Å². The molecule has 0 fully saturated rings. The summed E-state index contributed by atoms with van der Waals surface area (Å²) in [7, 11) is 0. The van der Waals surface area contributed by atoms with Crippen LogP contribution in [0.25, 0.3) is 10.2 Å². The third kappa shape index (κ3) is 3.63. The number of rotatable bonds is 6. The zero-order valence-corrected chi connectivity index (χ0v) is 15.4. The van der Waals surface area contributed by atoms with Gasteiger partial charge in [0.25, 0.3) is 0 Å². The van der Waals surface area contributed by atoms with E-state index in [1.54, 1.807) is 28.9 Å². The second-order valence-corrected chi connectivity index (χ2v) is 7.74. The minimum absolute atomic E-state index is 0.164. The summed E-state index contributed by atoms with van der Waals surface area (Å²) in [6.45, 7) is 4.80. The number of aromatic nitrogens is 3. The number of anilines is 1. The van der Waals surface area contributed by atoms with Gasteiger partial charge in [-0.15, -0.1) is 22.7 Å². The van der Waals surface area contributed by atoms with E-state index in [-0.39, 0.29) is 11.3 Å². The molecule has 0 bridgehead atoms. The number of thiophene rings is 1. The van der Waals surface area contributed by atoms with Gasteiger partial charge in [0.2, 0.25) is 5.28 Å². The molecule has 5 nitrogen and oxygen atoms in total. The minimum atomic E-state index is 0.164. The van der Waals surface area contributed by atoms with Crippen LogP contribution < -0.4 is 11.1 Å². The van der Waals surface area contributed by atoms with Crippen molar-refractivity contribution in [3.05, 3.63) is 32.3 Å². The maximum atomic E-state index is 6.11. The monoisotopic (exact) mass is 367 g/mol. The molecule has 3 rings (SSSR count). The Morgan fingerprint density at radius 1 is 1.39 bits per heavy atom. The van der Waals surface area contributed by atoms with E-state index in [1.807, 2.05) is 5.38 Å². The first-order valence-electron chi connectivity index (χ1n) is 7.41. The molecule has 0 saturated heterocycles. The van der Waals surface area contributed by atoms with Crippen LogP contribution in [-0.4, -0.2) is 21.0 Å². The normalized spacial score (nSPS) is 12.7. The molecule has 0 radical (unpaired) electrons. The van der Waals surface area contributed by atoms with E-state index in [4.69, 9.17) is 17.3 Å². The molecule has 0 aromatic carbocycles. The number of nitrogens with zero attached hydrogens (tertiary/aromatic N) is 3. The van der Waals surface area contributed by atoms with Gasteiger partial charge in [0.1, 0.15) is 10.8 Å². The van der Waals surface area contributed by atoms with Gasteiger partial charge in [0.05, 0.1) is 16.8 Å². The second-order valence-electron chi connectivity index (χ2n) is 5.32. The lowest BCUT2D eigenvalue weighted by molar-refractivity contribution is 0.650. The van der Waals surface area contributed by atoms with Crippen molar-refractivity contribution in [2.45, 2.75) is 39.3 Å². The maximum absolute atomic E-state index is 6.11. The predicted octanol–water partition coefficient (Wildman–Crippen LogP) is 4.00. The van der Waals surface area contributed by atoms with Crippen LogP contribution in [0.1, 0.15) is 28.8 Å². The molecule has 3 aromatic rings. The largest absolute Gasteiger partial charge is 0.362 e. The molecule has 1 unspecified atom stereocenters. The van der Waals surface area contributed by atoms with Crippen molar-refractivity contribution in [1.29, 1.82) is 0 Å². The van der Waals surface area contributed by atoms with Crippen molar-refractivity contribution in [2.24, 2.45) is 5.73 Å². The fourth-order valence-electron chi connectivity index (χ4n) is 2.30. The van der Waals surface area contributed by atoms with Crippen molar-refractivity contribution in [1.82, 2.24) is 15.0 Å². The smallest absolute Gasteiger partial charge is 0.224 e. The Hall–Kier alpha value is -1.28. The van der Waals surface area contributed by atoms with Gasteiger partial charge in [-0.2, -0.15) is 4.98 Å². The molecule has 0 spiro atoms. The summed E-state index contributed by atoms with van der Waals surface area (Å²) >= 11 is 9.41. The standard InChI is InChI=1S/C15H18ClN5S2/c1-3-9(17)6-10-8(2)12-13(23-10)14(21-15(16)20-12)19-7-11-18-4-5-22-11/h4-5,9H,3,6-7,17H2,1-2H3,(H,19,20,21). The van der Waals surface area contributed by atoms with E-state index in [2.05, 4.69) is 34.1 Å². The van der Waals surface area contributed by atoms with Crippen LogP contribution in [0.3, 0.4) is 0 Å². The SMILES string of the molecule is CCC(N)Cc1sc2c(NCc3nccs3)nc(Cl)nc2c1C. The number of hydrogen-bond donors (Lipinski definition) is 2. The van der Waals surface area contributed by atoms with E-state index in [1.165, 1.54) is 4.88 Å². The number of hydrogen-bond acceptors (Lipinski definition) is 7. The Kier molecular flexibility index (Phi) is 5.11. The molecule has 3 heterocycles. The predicted molar refractivity (Wildman–Crippen MR) is 98.6 cm³/mol. The van der Waals surface area contributed by atoms with E-state index in [0.29, 0.717) is 6.54 Å².